The third-order valence-corrected chi connectivity index (χ3v) is 8.18. The molecule has 0 aliphatic heterocycles. The van der Waals surface area contributed by atoms with Crippen LogP contribution in [-0.4, -0.2) is 23.5 Å². The fraction of sp³-hybridized carbons (Fsp3) is 0.500. The van der Waals surface area contributed by atoms with E-state index in [0.717, 1.165) is 41.8 Å². The van der Waals surface area contributed by atoms with Crippen molar-refractivity contribution in [2.75, 3.05) is 6.61 Å². The molecule has 0 N–H and O–H groups in total. The first-order valence-corrected chi connectivity index (χ1v) is 17.3. The summed E-state index contributed by atoms with van der Waals surface area (Å²) in [5, 5.41) is 0.476. The van der Waals surface area contributed by atoms with Crippen molar-refractivity contribution in [3.05, 3.63) is 94.8 Å². The standard InChI is InChI=1S/C38H52ClN2O4/c1-3-5-6-7-8-9-10-11-12-13-14-18-28-44-36-22-21-33(29-35(36)39)31-45-38(43)41(37(42)34-19-16-15-17-20-34)30-32-23-26-40(25-4-2)27-24-32/h15-17,19-24,26-27,29H,3-14,18,25,28,30-31H2,1-2H3/q+1. The molecule has 0 bridgehead atoms. The molecule has 2 aromatic carbocycles. The van der Waals surface area contributed by atoms with Crippen LogP contribution in [0.15, 0.2) is 73.1 Å². The van der Waals surface area contributed by atoms with Gasteiger partial charge in [0.2, 0.25) is 0 Å². The quantitative estimate of drug-likeness (QED) is 0.0863. The first-order chi connectivity index (χ1) is 22.0. The summed E-state index contributed by atoms with van der Waals surface area (Å²) >= 11 is 6.50. The maximum atomic E-state index is 13.3. The van der Waals surface area contributed by atoms with Gasteiger partial charge in [0.1, 0.15) is 18.9 Å². The van der Waals surface area contributed by atoms with E-state index in [1.165, 1.54) is 64.2 Å². The Labute approximate surface area is 275 Å². The lowest BCUT2D eigenvalue weighted by atomic mass is 10.1. The molecule has 0 saturated heterocycles. The van der Waals surface area contributed by atoms with Crippen LogP contribution in [0.5, 0.6) is 5.75 Å². The molecule has 244 valence electrons. The topological polar surface area (TPSA) is 59.7 Å². The molecule has 0 spiro atoms. The number of aromatic nitrogens is 1. The number of benzene rings is 2. The molecule has 6 nitrogen and oxygen atoms in total. The number of hydrogen-bond acceptors (Lipinski definition) is 4. The second kappa shape index (κ2) is 21.4. The zero-order chi connectivity index (χ0) is 32.1. The van der Waals surface area contributed by atoms with Crippen LogP contribution >= 0.6 is 11.6 Å². The zero-order valence-electron chi connectivity index (χ0n) is 27.4. The average Bonchev–Trinajstić information content (AvgIpc) is 3.06. The molecular weight excluding hydrogens is 584 g/mol. The number of ether oxygens (including phenoxy) is 2. The minimum absolute atomic E-state index is 0.0125. The molecule has 7 heteroatoms. The van der Waals surface area contributed by atoms with Crippen molar-refractivity contribution < 1.29 is 23.6 Å². The van der Waals surface area contributed by atoms with Crippen LogP contribution in [0.3, 0.4) is 0 Å². The highest BCUT2D eigenvalue weighted by atomic mass is 35.5. The maximum Gasteiger partial charge on any atom is 0.417 e. The number of hydrogen-bond donors (Lipinski definition) is 0. The number of unbranched alkanes of at least 4 members (excludes halogenated alkanes) is 11. The number of halogens is 1. The van der Waals surface area contributed by atoms with Crippen molar-refractivity contribution in [2.45, 2.75) is 117 Å². The number of rotatable bonds is 21. The van der Waals surface area contributed by atoms with Crippen LogP contribution in [0.25, 0.3) is 0 Å². The van der Waals surface area contributed by atoms with Gasteiger partial charge >= 0.3 is 6.09 Å². The Morgan fingerprint density at radius 3 is 1.96 bits per heavy atom. The van der Waals surface area contributed by atoms with Gasteiger partial charge in [0, 0.05) is 24.1 Å². The first kappa shape index (κ1) is 36.1. The van der Waals surface area contributed by atoms with Crippen LogP contribution in [-0.2, 0) is 24.4 Å². The monoisotopic (exact) mass is 635 g/mol. The van der Waals surface area contributed by atoms with Gasteiger partial charge in [-0.25, -0.2) is 14.3 Å². The maximum absolute atomic E-state index is 13.3. The molecule has 0 unspecified atom stereocenters. The van der Waals surface area contributed by atoms with Crippen molar-refractivity contribution in [3.8, 4) is 5.75 Å². The van der Waals surface area contributed by atoms with Gasteiger partial charge in [0.05, 0.1) is 18.2 Å². The van der Waals surface area contributed by atoms with Crippen LogP contribution in [0, 0.1) is 0 Å². The summed E-state index contributed by atoms with van der Waals surface area (Å²) < 4.78 is 13.6. The molecule has 0 atom stereocenters. The number of nitrogens with zero attached hydrogens (tertiary/aromatic N) is 2. The molecule has 0 saturated carbocycles. The molecule has 0 aliphatic carbocycles. The van der Waals surface area contributed by atoms with Crippen molar-refractivity contribution in [3.63, 3.8) is 0 Å². The molecule has 0 fully saturated rings. The van der Waals surface area contributed by atoms with E-state index in [2.05, 4.69) is 18.4 Å². The van der Waals surface area contributed by atoms with Gasteiger partial charge in [0.25, 0.3) is 5.91 Å². The van der Waals surface area contributed by atoms with Crippen molar-refractivity contribution in [2.24, 2.45) is 0 Å². The lowest BCUT2D eigenvalue weighted by Gasteiger charge is -2.20. The molecule has 3 aromatic rings. The van der Waals surface area contributed by atoms with E-state index < -0.39 is 12.0 Å². The highest BCUT2D eigenvalue weighted by Gasteiger charge is 2.25. The summed E-state index contributed by atoms with van der Waals surface area (Å²) in [6, 6.07) is 18.0. The second-order valence-corrected chi connectivity index (χ2v) is 12.2. The van der Waals surface area contributed by atoms with E-state index in [-0.39, 0.29) is 13.2 Å². The summed E-state index contributed by atoms with van der Waals surface area (Å²) in [5.41, 5.74) is 1.98. The van der Waals surface area contributed by atoms with Crippen molar-refractivity contribution >= 4 is 23.6 Å². The molecule has 3 rings (SSSR count). The minimum atomic E-state index is -0.711. The predicted octanol–water partition coefficient (Wildman–Crippen LogP) is 10.1. The number of amides is 2. The third kappa shape index (κ3) is 13.7. The third-order valence-electron chi connectivity index (χ3n) is 7.88. The van der Waals surface area contributed by atoms with Gasteiger partial charge in [0.15, 0.2) is 12.4 Å². The second-order valence-electron chi connectivity index (χ2n) is 11.8. The van der Waals surface area contributed by atoms with E-state index >= 15 is 0 Å². The summed E-state index contributed by atoms with van der Waals surface area (Å²) in [4.78, 5) is 27.7. The Balaban J connectivity index is 1.43. The molecule has 0 radical (unpaired) electrons. The largest absolute Gasteiger partial charge is 0.492 e. The van der Waals surface area contributed by atoms with Crippen molar-refractivity contribution in [1.29, 1.82) is 0 Å². The summed E-state index contributed by atoms with van der Waals surface area (Å²) in [6.45, 7) is 6.00. The number of carbonyl (C=O) groups excluding carboxylic acids is 2. The van der Waals surface area contributed by atoms with Gasteiger partial charge in [-0.15, -0.1) is 0 Å². The van der Waals surface area contributed by atoms with E-state index in [1.807, 2.05) is 42.7 Å². The van der Waals surface area contributed by atoms with E-state index in [1.54, 1.807) is 30.3 Å². The van der Waals surface area contributed by atoms with E-state index in [0.29, 0.717) is 22.9 Å². The van der Waals surface area contributed by atoms with Gasteiger partial charge in [-0.05, 0) is 41.8 Å². The number of imide groups is 1. The smallest absolute Gasteiger partial charge is 0.417 e. The Bertz CT molecular complexity index is 1270. The summed E-state index contributed by atoms with van der Waals surface area (Å²) in [7, 11) is 0. The molecule has 1 heterocycles. The Morgan fingerprint density at radius 1 is 0.733 bits per heavy atom. The first-order valence-electron chi connectivity index (χ1n) is 16.9. The fourth-order valence-electron chi connectivity index (χ4n) is 5.24. The zero-order valence-corrected chi connectivity index (χ0v) is 28.1. The van der Waals surface area contributed by atoms with E-state index in [9.17, 15) is 9.59 Å². The SMILES string of the molecule is CCCCCCCCCCCCCCOc1ccc(COC(=O)N(Cc2cc[n+](CCC)cc2)C(=O)c2ccccc2)cc1Cl. The lowest BCUT2D eigenvalue weighted by Crippen LogP contribution is -2.37. The normalized spacial score (nSPS) is 10.9. The van der Waals surface area contributed by atoms with Crippen molar-refractivity contribution in [1.82, 2.24) is 4.90 Å². The van der Waals surface area contributed by atoms with Crippen LogP contribution in [0.4, 0.5) is 4.79 Å². The molecule has 0 aliphatic rings. The summed E-state index contributed by atoms with van der Waals surface area (Å²) in [6.07, 6.45) is 19.8. The van der Waals surface area contributed by atoms with Gasteiger partial charge < -0.3 is 9.47 Å². The molecular formula is C38H52ClN2O4+. The average molecular weight is 636 g/mol. The lowest BCUT2D eigenvalue weighted by molar-refractivity contribution is -0.697. The highest BCUT2D eigenvalue weighted by Crippen LogP contribution is 2.26. The van der Waals surface area contributed by atoms with Gasteiger partial charge in [-0.3, -0.25) is 4.79 Å². The Morgan fingerprint density at radius 2 is 1.36 bits per heavy atom. The minimum Gasteiger partial charge on any atom is -0.492 e. The number of aryl methyl sites for hydroxylation is 1. The molecule has 2 amide bonds. The van der Waals surface area contributed by atoms with Crippen LogP contribution in [0.1, 0.15) is 119 Å². The van der Waals surface area contributed by atoms with Crippen LogP contribution in [0.2, 0.25) is 5.02 Å². The van der Waals surface area contributed by atoms with E-state index in [4.69, 9.17) is 21.1 Å². The predicted molar refractivity (Wildman–Crippen MR) is 181 cm³/mol. The van der Waals surface area contributed by atoms with Crippen LogP contribution < -0.4 is 9.30 Å². The fourth-order valence-corrected chi connectivity index (χ4v) is 5.50. The summed E-state index contributed by atoms with van der Waals surface area (Å²) in [5.74, 6) is 0.213. The molecule has 1 aromatic heterocycles. The highest BCUT2D eigenvalue weighted by molar-refractivity contribution is 6.32. The number of carbonyl (C=O) groups is 2. The Hall–Kier alpha value is -3.38. The molecule has 45 heavy (non-hydrogen) atoms. The number of pyridine rings is 1. The Kier molecular flexibility index (Phi) is 17.1. The van der Waals surface area contributed by atoms with Gasteiger partial charge in [-0.2, -0.15) is 0 Å². The van der Waals surface area contributed by atoms with Gasteiger partial charge in [-0.1, -0.05) is 120 Å².